The van der Waals surface area contributed by atoms with Gasteiger partial charge in [0, 0.05) is 72.6 Å². The van der Waals surface area contributed by atoms with E-state index in [2.05, 4.69) is 45.4 Å². The van der Waals surface area contributed by atoms with E-state index in [1.807, 2.05) is 37.5 Å². The molecule has 19 heteroatoms. The number of hydrogen-bond donors (Lipinski definition) is 3. The van der Waals surface area contributed by atoms with Gasteiger partial charge in [-0.2, -0.15) is 15.1 Å². The summed E-state index contributed by atoms with van der Waals surface area (Å²) >= 11 is 0. The third-order valence-corrected chi connectivity index (χ3v) is 17.8. The monoisotopic (exact) mass is 1050 g/mol. The van der Waals surface area contributed by atoms with Gasteiger partial charge in [-0.15, -0.1) is 5.10 Å². The number of aromatic nitrogens is 8. The first kappa shape index (κ1) is 52.1. The SMILES string of the molecule is CNCCC[C@H](C)COc1cc(-n2cccc3cnnc2-3)nc(C(=N)C2=C([OH2+])[C@@]3(CCC2)CCC(C2CN(c4cc(OC[C@@H]5CCCN5C)nc(/C(N)=C5\CCC[C@@]6(CCCCC6=O)C5=O)n4)c4ncccc42)CC3=O)n1. The van der Waals surface area contributed by atoms with Crippen molar-refractivity contribution in [2.75, 3.05) is 51.8 Å². The molecule has 77 heavy (non-hydrogen) atoms. The number of nitrogens with zero attached hydrogens (tertiary/aromatic N) is 10. The molecule has 0 bridgehead atoms. The van der Waals surface area contributed by atoms with Gasteiger partial charge < -0.3 is 35.4 Å². The number of ketones is 3. The van der Waals surface area contributed by atoms with Gasteiger partial charge in [0.15, 0.2) is 29.0 Å². The Morgan fingerprint density at radius 3 is 2.52 bits per heavy atom. The Labute approximate surface area is 449 Å². The molecule has 4 aliphatic heterocycles. The van der Waals surface area contributed by atoms with Gasteiger partial charge in [-0.05, 0) is 147 Å². The third-order valence-electron chi connectivity index (χ3n) is 17.8. The molecular formula is C58H72N13O6+. The lowest BCUT2D eigenvalue weighted by Crippen LogP contribution is -2.45. The van der Waals surface area contributed by atoms with Crippen molar-refractivity contribution in [3.63, 3.8) is 0 Å². The lowest BCUT2D eigenvalue weighted by Gasteiger charge is -2.40. The van der Waals surface area contributed by atoms with Crippen LogP contribution in [0.2, 0.25) is 0 Å². The number of Topliss-reactive ketones (excluding diaryl/α,β-unsaturated/α-hetero) is 3. The Kier molecular flexibility index (Phi) is 14.7. The number of likely N-dealkylation sites (tertiary alicyclic amines) is 1. The zero-order valence-electron chi connectivity index (χ0n) is 44.7. The van der Waals surface area contributed by atoms with Crippen LogP contribution in [-0.4, -0.2) is 126 Å². The second-order valence-electron chi connectivity index (χ2n) is 22.5. The average Bonchev–Trinajstić information content (AvgIpc) is 4.21. The molecule has 0 radical (unpaired) electrons. The summed E-state index contributed by atoms with van der Waals surface area (Å²) in [6, 6.07) is 11.6. The van der Waals surface area contributed by atoms with Crippen LogP contribution in [0.3, 0.4) is 0 Å². The van der Waals surface area contributed by atoms with E-state index < -0.39 is 10.8 Å². The summed E-state index contributed by atoms with van der Waals surface area (Å²) in [4.78, 5) is 71.7. The molecule has 2 spiro atoms. The molecule has 0 aromatic carbocycles. The van der Waals surface area contributed by atoms with E-state index in [-0.39, 0.29) is 76.4 Å². The topological polar surface area (TPSA) is 256 Å². The van der Waals surface area contributed by atoms with Gasteiger partial charge in [0.1, 0.15) is 41.0 Å². The summed E-state index contributed by atoms with van der Waals surface area (Å²) in [5.41, 5.74) is 7.84. The quantitative estimate of drug-likeness (QED) is 0.0290. The smallest absolute Gasteiger partial charge is 0.248 e. The van der Waals surface area contributed by atoms with Crippen LogP contribution in [0, 0.1) is 28.1 Å². The number of allylic oxidation sites excluding steroid dienone is 3. The molecule has 11 rings (SSSR count). The van der Waals surface area contributed by atoms with Crippen LogP contribution in [0.4, 0.5) is 11.6 Å². The average molecular weight is 1050 g/mol. The van der Waals surface area contributed by atoms with E-state index in [1.165, 1.54) is 0 Å². The highest BCUT2D eigenvalue weighted by atomic mass is 16.5. The molecule has 3 aromatic rings. The van der Waals surface area contributed by atoms with E-state index in [9.17, 15) is 24.9 Å². The molecule has 4 fully saturated rings. The fourth-order valence-electron chi connectivity index (χ4n) is 13.3. The number of nitrogens with one attached hydrogen (secondary N) is 2. The van der Waals surface area contributed by atoms with Crippen LogP contribution in [0.5, 0.6) is 11.8 Å². The fourth-order valence-corrected chi connectivity index (χ4v) is 13.3. The van der Waals surface area contributed by atoms with Gasteiger partial charge in [0.25, 0.3) is 0 Å². The second-order valence-corrected chi connectivity index (χ2v) is 22.5. The van der Waals surface area contributed by atoms with E-state index in [0.717, 1.165) is 62.7 Å². The summed E-state index contributed by atoms with van der Waals surface area (Å²) in [6.07, 6.45) is 16.6. The van der Waals surface area contributed by atoms with Crippen molar-refractivity contribution in [3.05, 3.63) is 89.1 Å². The lowest BCUT2D eigenvalue weighted by atomic mass is 9.60. The zero-order chi connectivity index (χ0) is 53.4. The van der Waals surface area contributed by atoms with Gasteiger partial charge >= 0.3 is 0 Å². The molecule has 4 aliphatic carbocycles. The molecule has 3 saturated carbocycles. The summed E-state index contributed by atoms with van der Waals surface area (Å²) in [5.74, 6) is 3.37. The van der Waals surface area contributed by atoms with Crippen molar-refractivity contribution < 1.29 is 29.0 Å². The van der Waals surface area contributed by atoms with Crippen LogP contribution >= 0.6 is 0 Å². The van der Waals surface area contributed by atoms with E-state index in [1.54, 1.807) is 23.0 Å². The first-order valence-corrected chi connectivity index (χ1v) is 27.9. The number of pyridine rings is 2. The highest BCUT2D eigenvalue weighted by molar-refractivity contribution is 6.17. The second kappa shape index (κ2) is 21.8. The molecule has 19 nitrogen and oxygen atoms in total. The van der Waals surface area contributed by atoms with Gasteiger partial charge in [0.2, 0.25) is 17.5 Å². The summed E-state index contributed by atoms with van der Waals surface area (Å²) in [7, 11) is 4.04. The normalized spacial score (nSPS) is 26.0. The number of ether oxygens (including phenoxy) is 2. The van der Waals surface area contributed by atoms with E-state index in [4.69, 9.17) is 40.1 Å². The predicted molar refractivity (Wildman–Crippen MR) is 291 cm³/mol. The summed E-state index contributed by atoms with van der Waals surface area (Å²) < 4.78 is 14.6. The number of anilines is 2. The first-order valence-electron chi connectivity index (χ1n) is 27.9. The largest absolute Gasteiger partial charge is 0.595 e. The van der Waals surface area contributed by atoms with Crippen molar-refractivity contribution in [1.29, 1.82) is 5.41 Å². The number of rotatable bonds is 16. The Balaban J connectivity index is 0.867. The van der Waals surface area contributed by atoms with Crippen molar-refractivity contribution in [3.8, 4) is 29.0 Å². The molecule has 8 aliphatic rings. The fraction of sp³-hybridized carbons (Fsp3) is 0.534. The van der Waals surface area contributed by atoms with Crippen molar-refractivity contribution >= 4 is 40.4 Å². The van der Waals surface area contributed by atoms with E-state index in [0.29, 0.717) is 130 Å². The van der Waals surface area contributed by atoms with Gasteiger partial charge in [-0.3, -0.25) is 24.4 Å². The molecular weight excluding hydrogens is 975 g/mol. The van der Waals surface area contributed by atoms with Gasteiger partial charge in [-0.1, -0.05) is 19.4 Å². The molecule has 7 heterocycles. The minimum absolute atomic E-state index is 0.0123. The number of nitrogens with two attached hydrogens (primary N) is 1. The highest BCUT2D eigenvalue weighted by Gasteiger charge is 2.54. The Morgan fingerprint density at radius 2 is 1.70 bits per heavy atom. The maximum atomic E-state index is 15.0. The Bertz CT molecular complexity index is 3110. The van der Waals surface area contributed by atoms with Crippen LogP contribution in [0.15, 0.2) is 71.9 Å². The lowest BCUT2D eigenvalue weighted by molar-refractivity contribution is -0.143. The molecule has 6 N–H and O–H groups in total. The van der Waals surface area contributed by atoms with Crippen molar-refractivity contribution in [2.24, 2.45) is 28.4 Å². The number of carbonyl (C=O) groups excluding carboxylic acids is 3. The highest BCUT2D eigenvalue weighted by Crippen LogP contribution is 2.54. The number of carbonyl (C=O) groups is 3. The molecule has 0 amide bonds. The Morgan fingerprint density at radius 1 is 0.909 bits per heavy atom. The zero-order valence-corrected chi connectivity index (χ0v) is 44.7. The van der Waals surface area contributed by atoms with Crippen LogP contribution in [0.1, 0.15) is 139 Å². The van der Waals surface area contributed by atoms with Crippen molar-refractivity contribution in [1.82, 2.24) is 49.9 Å². The molecule has 2 unspecified atom stereocenters. The molecule has 3 aromatic heterocycles. The third kappa shape index (κ3) is 9.89. The van der Waals surface area contributed by atoms with Gasteiger partial charge in [-0.25, -0.2) is 15.0 Å². The van der Waals surface area contributed by atoms with Gasteiger partial charge in [0.05, 0.1) is 29.5 Å². The minimum atomic E-state index is -1.04. The molecule has 404 valence electrons. The molecule has 1 saturated heterocycles. The number of fused-ring (bicyclic) bond motifs is 2. The Hall–Kier alpha value is -6.99. The van der Waals surface area contributed by atoms with Crippen LogP contribution < -0.4 is 25.4 Å². The maximum absolute atomic E-state index is 15.0. The van der Waals surface area contributed by atoms with E-state index >= 15 is 0 Å². The maximum Gasteiger partial charge on any atom is 0.248 e. The summed E-state index contributed by atoms with van der Waals surface area (Å²) in [6.45, 7) is 5.37. The molecule has 6 atom stereocenters. The standard InChI is InChI=1S/C58H71N13O6/c1-35(12-8-24-61-2)33-76-47-29-45(70-27-10-13-37-31-63-68-55(37)70)64-53(66-47)50(60)41-16-7-22-58(52(41)75)23-19-36(28-44(58)73)42-32-71(56-39(42)17-9-25-62-56)46-30-48(77-34-38-14-11-26-69(38)3)67-54(65-46)49(59)40-15-6-21-57(51(40)74)20-5-4-18-43(57)72/h9-10,13,17,25,27,29-31,35-36,38,42,60-61,75H,4-8,11-12,14-16,18-24,26,28,32-34,59H2,1-3H3/p+1/b49-40-,60-50?/t35-,36?,38-,42?,57+,58-/m0/s1. The summed E-state index contributed by atoms with van der Waals surface area (Å²) in [5, 5.41) is 31.2. The van der Waals surface area contributed by atoms with Crippen LogP contribution in [-0.2, 0) is 14.4 Å². The first-order chi connectivity index (χ1) is 37.4. The minimum Gasteiger partial charge on any atom is -0.595 e. The predicted octanol–water partition coefficient (Wildman–Crippen LogP) is 7.21. The van der Waals surface area contributed by atoms with Crippen LogP contribution in [0.25, 0.3) is 22.9 Å². The number of hydrogen-bond acceptors (Lipinski definition) is 17. The number of likely N-dealkylation sites (N-methyl/N-ethyl adjacent to an activating group) is 1. The van der Waals surface area contributed by atoms with Crippen molar-refractivity contribution in [2.45, 2.75) is 128 Å².